The van der Waals surface area contributed by atoms with Gasteiger partial charge < -0.3 is 4.90 Å². The molecule has 2 aliphatic rings. The van der Waals surface area contributed by atoms with Gasteiger partial charge in [0.05, 0.1) is 17.6 Å². The minimum absolute atomic E-state index is 0.0439. The fraction of sp³-hybridized carbons (Fsp3) is 0.500. The molecule has 162 valence electrons. The molecule has 2 aromatic rings. The number of likely N-dealkylation sites (tertiary alicyclic amines) is 1. The van der Waals surface area contributed by atoms with Gasteiger partial charge in [-0.15, -0.1) is 5.10 Å². The first-order valence-corrected chi connectivity index (χ1v) is 11.0. The summed E-state index contributed by atoms with van der Waals surface area (Å²) in [6, 6.07) is 1.12. The third-order valence-corrected chi connectivity index (χ3v) is 7.20. The zero-order valence-electron chi connectivity index (χ0n) is 15.9. The standard InChI is InChI=1S/C18H20F3N5O3S/c19-12-5-13(20)8-16(7-12)30(28,29)26-9-14(21)6-15(26)10-25-11-17(22-23-25)18(27)24-3-1-2-4-24/h5,7-8,11,14-15H,1-4,6,9-10H2/t14-,15-/m0/s1. The zero-order valence-corrected chi connectivity index (χ0v) is 16.7. The Kier molecular flexibility index (Phi) is 5.53. The van der Waals surface area contributed by atoms with E-state index < -0.39 is 45.3 Å². The molecule has 8 nitrogen and oxygen atoms in total. The molecule has 0 radical (unpaired) electrons. The molecule has 0 unspecified atom stereocenters. The molecule has 0 saturated carbocycles. The molecule has 12 heteroatoms. The van der Waals surface area contributed by atoms with E-state index in [1.807, 2.05) is 0 Å². The monoisotopic (exact) mass is 443 g/mol. The molecule has 1 aromatic heterocycles. The zero-order chi connectivity index (χ0) is 21.5. The maximum Gasteiger partial charge on any atom is 0.276 e. The Morgan fingerprint density at radius 1 is 1.13 bits per heavy atom. The lowest BCUT2D eigenvalue weighted by atomic mass is 10.2. The number of sulfonamides is 1. The van der Waals surface area contributed by atoms with Gasteiger partial charge in [-0.1, -0.05) is 5.21 Å². The van der Waals surface area contributed by atoms with Crippen LogP contribution < -0.4 is 0 Å². The van der Waals surface area contributed by atoms with E-state index in [4.69, 9.17) is 0 Å². The Balaban J connectivity index is 1.54. The number of aromatic nitrogens is 3. The summed E-state index contributed by atoms with van der Waals surface area (Å²) in [6.45, 7) is 0.819. The molecule has 2 aliphatic heterocycles. The van der Waals surface area contributed by atoms with Gasteiger partial charge in [-0.25, -0.2) is 21.6 Å². The number of alkyl halides is 1. The van der Waals surface area contributed by atoms with E-state index in [2.05, 4.69) is 10.3 Å². The SMILES string of the molecule is O=C(c1cn(C[C@@H]2C[C@H](F)CN2S(=O)(=O)c2cc(F)cc(F)c2)nn1)N1CCCC1. The van der Waals surface area contributed by atoms with Gasteiger partial charge in [-0.3, -0.25) is 9.48 Å². The number of halogens is 3. The van der Waals surface area contributed by atoms with Crippen LogP contribution in [0.4, 0.5) is 13.2 Å². The molecule has 0 aliphatic carbocycles. The van der Waals surface area contributed by atoms with Crippen molar-refractivity contribution in [1.29, 1.82) is 0 Å². The predicted octanol–water partition coefficient (Wildman–Crippen LogP) is 1.59. The Bertz CT molecular complexity index is 1030. The Morgan fingerprint density at radius 2 is 1.80 bits per heavy atom. The average Bonchev–Trinajstić information content (AvgIpc) is 3.42. The van der Waals surface area contributed by atoms with Crippen LogP contribution in [0.15, 0.2) is 29.3 Å². The van der Waals surface area contributed by atoms with Crippen molar-refractivity contribution in [2.24, 2.45) is 0 Å². The minimum Gasteiger partial charge on any atom is -0.337 e. The predicted molar refractivity (Wildman–Crippen MR) is 98.7 cm³/mol. The van der Waals surface area contributed by atoms with Crippen LogP contribution in [-0.2, 0) is 16.6 Å². The number of rotatable bonds is 5. The minimum atomic E-state index is -4.33. The van der Waals surface area contributed by atoms with Crippen LogP contribution in [0.1, 0.15) is 29.8 Å². The number of hydrogen-bond donors (Lipinski definition) is 0. The lowest BCUT2D eigenvalue weighted by Crippen LogP contribution is -2.38. The van der Waals surface area contributed by atoms with Crippen LogP contribution >= 0.6 is 0 Å². The smallest absolute Gasteiger partial charge is 0.276 e. The van der Waals surface area contributed by atoms with Gasteiger partial charge in [0.15, 0.2) is 5.69 Å². The maximum absolute atomic E-state index is 14.1. The summed E-state index contributed by atoms with van der Waals surface area (Å²) in [4.78, 5) is 13.5. The molecule has 3 heterocycles. The van der Waals surface area contributed by atoms with Crippen LogP contribution in [0.3, 0.4) is 0 Å². The number of carbonyl (C=O) groups is 1. The van der Waals surface area contributed by atoms with Gasteiger partial charge in [-0.2, -0.15) is 4.31 Å². The third kappa shape index (κ3) is 4.06. The fourth-order valence-electron chi connectivity index (χ4n) is 3.89. The topological polar surface area (TPSA) is 88.4 Å². The van der Waals surface area contributed by atoms with Crippen molar-refractivity contribution in [3.63, 3.8) is 0 Å². The highest BCUT2D eigenvalue weighted by Crippen LogP contribution is 2.29. The number of benzene rings is 1. The molecule has 2 fully saturated rings. The van der Waals surface area contributed by atoms with Crippen molar-refractivity contribution < 1.29 is 26.4 Å². The van der Waals surface area contributed by atoms with Crippen LogP contribution in [0.2, 0.25) is 0 Å². The summed E-state index contributed by atoms with van der Waals surface area (Å²) in [5, 5.41) is 7.72. The summed E-state index contributed by atoms with van der Waals surface area (Å²) < 4.78 is 69.1. The number of nitrogens with zero attached hydrogens (tertiary/aromatic N) is 5. The highest BCUT2D eigenvalue weighted by atomic mass is 32.2. The lowest BCUT2D eigenvalue weighted by Gasteiger charge is -2.23. The van der Waals surface area contributed by atoms with Gasteiger partial charge in [-0.05, 0) is 31.4 Å². The molecule has 30 heavy (non-hydrogen) atoms. The third-order valence-electron chi connectivity index (χ3n) is 5.30. The second-order valence-electron chi connectivity index (χ2n) is 7.49. The van der Waals surface area contributed by atoms with E-state index in [-0.39, 0.29) is 24.6 Å². The van der Waals surface area contributed by atoms with E-state index in [1.165, 1.54) is 10.9 Å². The van der Waals surface area contributed by atoms with Crippen molar-refractivity contribution in [3.8, 4) is 0 Å². The Labute approximate surface area is 171 Å². The second-order valence-corrected chi connectivity index (χ2v) is 9.38. The van der Waals surface area contributed by atoms with Gasteiger partial charge in [0, 0.05) is 31.7 Å². The largest absolute Gasteiger partial charge is 0.337 e. The summed E-state index contributed by atoms with van der Waals surface area (Å²) in [5.74, 6) is -2.34. The van der Waals surface area contributed by atoms with E-state index in [1.54, 1.807) is 4.90 Å². The molecule has 1 aromatic carbocycles. The lowest BCUT2D eigenvalue weighted by molar-refractivity contribution is 0.0787. The molecule has 0 bridgehead atoms. The summed E-state index contributed by atoms with van der Waals surface area (Å²) in [7, 11) is -4.33. The highest BCUT2D eigenvalue weighted by molar-refractivity contribution is 7.89. The molecule has 4 rings (SSSR count). The van der Waals surface area contributed by atoms with Gasteiger partial charge >= 0.3 is 0 Å². The fourth-order valence-corrected chi connectivity index (χ4v) is 5.59. The van der Waals surface area contributed by atoms with Crippen LogP contribution in [0.25, 0.3) is 0 Å². The summed E-state index contributed by atoms with van der Waals surface area (Å²) >= 11 is 0. The van der Waals surface area contributed by atoms with Crippen LogP contribution in [-0.4, -0.2) is 70.4 Å². The summed E-state index contributed by atoms with van der Waals surface area (Å²) in [5.41, 5.74) is 0.133. The van der Waals surface area contributed by atoms with Crippen LogP contribution in [0.5, 0.6) is 0 Å². The first-order chi connectivity index (χ1) is 14.2. The number of carbonyl (C=O) groups excluding carboxylic acids is 1. The maximum atomic E-state index is 14.1. The number of hydrogen-bond acceptors (Lipinski definition) is 5. The molecule has 0 N–H and O–H groups in total. The van der Waals surface area contributed by atoms with Gasteiger partial charge in [0.25, 0.3) is 5.91 Å². The average molecular weight is 443 g/mol. The van der Waals surface area contributed by atoms with Crippen molar-refractivity contribution in [2.75, 3.05) is 19.6 Å². The Morgan fingerprint density at radius 3 is 2.47 bits per heavy atom. The van der Waals surface area contributed by atoms with E-state index in [9.17, 15) is 26.4 Å². The second kappa shape index (κ2) is 7.99. The van der Waals surface area contributed by atoms with E-state index >= 15 is 0 Å². The Hall–Kier alpha value is -2.47. The number of amides is 1. The highest BCUT2D eigenvalue weighted by Gasteiger charge is 2.41. The molecular formula is C18H20F3N5O3S. The first kappa shape index (κ1) is 20.8. The quantitative estimate of drug-likeness (QED) is 0.701. The molecule has 1 amide bonds. The molecule has 2 saturated heterocycles. The van der Waals surface area contributed by atoms with Crippen molar-refractivity contribution in [1.82, 2.24) is 24.2 Å². The van der Waals surface area contributed by atoms with E-state index in [0.29, 0.717) is 31.3 Å². The normalized spacial score (nSPS) is 22.7. The van der Waals surface area contributed by atoms with Crippen molar-refractivity contribution >= 4 is 15.9 Å². The summed E-state index contributed by atoms with van der Waals surface area (Å²) in [6.07, 6.45) is 1.71. The molecule has 2 atom stereocenters. The first-order valence-electron chi connectivity index (χ1n) is 9.55. The van der Waals surface area contributed by atoms with E-state index in [0.717, 1.165) is 17.1 Å². The molecule has 0 spiro atoms. The molecular weight excluding hydrogens is 423 g/mol. The van der Waals surface area contributed by atoms with Crippen molar-refractivity contribution in [2.45, 2.75) is 42.9 Å². The van der Waals surface area contributed by atoms with Gasteiger partial charge in [0.2, 0.25) is 10.0 Å². The van der Waals surface area contributed by atoms with Crippen molar-refractivity contribution in [3.05, 3.63) is 41.7 Å². The van der Waals surface area contributed by atoms with Gasteiger partial charge in [0.1, 0.15) is 17.8 Å². The van der Waals surface area contributed by atoms with Crippen LogP contribution in [0, 0.1) is 11.6 Å².